The van der Waals surface area contributed by atoms with Gasteiger partial charge in [-0.15, -0.1) is 0 Å². The SMILES string of the molecule is Cc1onc(-c2ccccc2)c1C(=O)NC1COCC1N1CCCC1. The van der Waals surface area contributed by atoms with E-state index in [0.717, 1.165) is 18.7 Å². The average Bonchev–Trinajstić information content (AvgIpc) is 3.35. The fourth-order valence-electron chi connectivity index (χ4n) is 3.79. The second-order valence-electron chi connectivity index (χ2n) is 6.76. The van der Waals surface area contributed by atoms with E-state index in [9.17, 15) is 4.79 Å². The molecule has 0 saturated carbocycles. The molecule has 6 nitrogen and oxygen atoms in total. The molecule has 2 aliphatic rings. The van der Waals surface area contributed by atoms with Crippen molar-refractivity contribution >= 4 is 5.91 Å². The van der Waals surface area contributed by atoms with E-state index < -0.39 is 0 Å². The standard InChI is InChI=1S/C19H23N3O3/c1-13-17(18(21-25-13)14-7-3-2-4-8-14)19(23)20-15-11-24-12-16(15)22-9-5-6-10-22/h2-4,7-8,15-16H,5-6,9-12H2,1H3,(H,20,23). The molecule has 3 heterocycles. The van der Waals surface area contributed by atoms with Gasteiger partial charge >= 0.3 is 0 Å². The summed E-state index contributed by atoms with van der Waals surface area (Å²) >= 11 is 0. The van der Waals surface area contributed by atoms with E-state index in [4.69, 9.17) is 9.26 Å². The van der Waals surface area contributed by atoms with Gasteiger partial charge in [0.15, 0.2) is 0 Å². The Labute approximate surface area is 147 Å². The minimum atomic E-state index is -0.141. The van der Waals surface area contributed by atoms with E-state index in [2.05, 4.69) is 15.4 Å². The lowest BCUT2D eigenvalue weighted by Gasteiger charge is -2.27. The third-order valence-corrected chi connectivity index (χ3v) is 5.11. The van der Waals surface area contributed by atoms with Gasteiger partial charge < -0.3 is 14.6 Å². The fraction of sp³-hybridized carbons (Fsp3) is 0.474. The number of amides is 1. The topological polar surface area (TPSA) is 67.6 Å². The van der Waals surface area contributed by atoms with E-state index in [-0.39, 0.29) is 18.0 Å². The third-order valence-electron chi connectivity index (χ3n) is 5.11. The summed E-state index contributed by atoms with van der Waals surface area (Å²) < 4.78 is 11.0. The molecule has 0 radical (unpaired) electrons. The summed E-state index contributed by atoms with van der Waals surface area (Å²) in [7, 11) is 0. The molecule has 0 bridgehead atoms. The number of ether oxygens (including phenoxy) is 1. The molecule has 2 aromatic rings. The van der Waals surface area contributed by atoms with Crippen molar-refractivity contribution in [3.8, 4) is 11.3 Å². The number of nitrogens with one attached hydrogen (secondary N) is 1. The van der Waals surface area contributed by atoms with Crippen LogP contribution in [0.15, 0.2) is 34.9 Å². The molecular formula is C19H23N3O3. The zero-order chi connectivity index (χ0) is 17.2. The Kier molecular flexibility index (Phi) is 4.55. The van der Waals surface area contributed by atoms with Crippen LogP contribution >= 0.6 is 0 Å². The van der Waals surface area contributed by atoms with Crippen LogP contribution in [0, 0.1) is 6.92 Å². The highest BCUT2D eigenvalue weighted by atomic mass is 16.5. The summed E-state index contributed by atoms with van der Waals surface area (Å²) in [6, 6.07) is 9.91. The van der Waals surface area contributed by atoms with Crippen LogP contribution in [0.2, 0.25) is 0 Å². The summed E-state index contributed by atoms with van der Waals surface area (Å²) in [6.07, 6.45) is 2.44. The predicted molar refractivity (Wildman–Crippen MR) is 93.3 cm³/mol. The minimum Gasteiger partial charge on any atom is -0.378 e. The highest BCUT2D eigenvalue weighted by molar-refractivity contribution is 6.01. The molecule has 4 rings (SSSR count). The average molecular weight is 341 g/mol. The van der Waals surface area contributed by atoms with Gasteiger partial charge in [0.25, 0.3) is 5.91 Å². The van der Waals surface area contributed by atoms with Crippen molar-refractivity contribution in [1.29, 1.82) is 0 Å². The van der Waals surface area contributed by atoms with Gasteiger partial charge in [-0.2, -0.15) is 0 Å². The van der Waals surface area contributed by atoms with Crippen LogP contribution < -0.4 is 5.32 Å². The molecule has 2 unspecified atom stereocenters. The normalized spacial score (nSPS) is 23.9. The van der Waals surface area contributed by atoms with Crippen LogP contribution in [-0.4, -0.2) is 54.4 Å². The number of aryl methyl sites for hydroxylation is 1. The first-order valence-corrected chi connectivity index (χ1v) is 8.88. The van der Waals surface area contributed by atoms with E-state index in [0.29, 0.717) is 30.2 Å². The van der Waals surface area contributed by atoms with Crippen LogP contribution in [0.5, 0.6) is 0 Å². The Balaban J connectivity index is 1.54. The first kappa shape index (κ1) is 16.3. The molecule has 132 valence electrons. The Bertz CT molecular complexity index is 738. The Morgan fingerprint density at radius 3 is 2.72 bits per heavy atom. The smallest absolute Gasteiger partial charge is 0.257 e. The number of likely N-dealkylation sites (tertiary alicyclic amines) is 1. The van der Waals surface area contributed by atoms with Crippen molar-refractivity contribution in [3.05, 3.63) is 41.7 Å². The Hall–Kier alpha value is -2.18. The first-order chi connectivity index (χ1) is 12.2. The molecule has 6 heteroatoms. The summed E-state index contributed by atoms with van der Waals surface area (Å²) in [5.41, 5.74) is 1.98. The van der Waals surface area contributed by atoms with Crippen molar-refractivity contribution in [3.63, 3.8) is 0 Å². The number of hydrogen-bond donors (Lipinski definition) is 1. The maximum absolute atomic E-state index is 13.0. The fourth-order valence-corrected chi connectivity index (χ4v) is 3.79. The lowest BCUT2D eigenvalue weighted by Crippen LogP contribution is -2.50. The maximum Gasteiger partial charge on any atom is 0.257 e. The van der Waals surface area contributed by atoms with Gasteiger partial charge in [0, 0.05) is 5.56 Å². The van der Waals surface area contributed by atoms with Crippen molar-refractivity contribution < 1.29 is 14.1 Å². The van der Waals surface area contributed by atoms with E-state index >= 15 is 0 Å². The monoisotopic (exact) mass is 341 g/mol. The van der Waals surface area contributed by atoms with Crippen LogP contribution in [0.3, 0.4) is 0 Å². The molecule has 2 atom stereocenters. The highest BCUT2D eigenvalue weighted by Gasteiger charge is 2.36. The van der Waals surface area contributed by atoms with E-state index in [1.165, 1.54) is 12.8 Å². The van der Waals surface area contributed by atoms with Crippen LogP contribution in [0.4, 0.5) is 0 Å². The number of hydrogen-bond acceptors (Lipinski definition) is 5. The van der Waals surface area contributed by atoms with Gasteiger partial charge in [-0.3, -0.25) is 9.69 Å². The molecule has 2 aliphatic heterocycles. The largest absolute Gasteiger partial charge is 0.378 e. The second kappa shape index (κ2) is 6.98. The van der Waals surface area contributed by atoms with Gasteiger partial charge in [0.2, 0.25) is 0 Å². The van der Waals surface area contributed by atoms with Crippen molar-refractivity contribution in [2.45, 2.75) is 31.8 Å². The van der Waals surface area contributed by atoms with Crippen LogP contribution in [-0.2, 0) is 4.74 Å². The van der Waals surface area contributed by atoms with Gasteiger partial charge in [0.05, 0.1) is 25.3 Å². The van der Waals surface area contributed by atoms with Crippen molar-refractivity contribution in [2.75, 3.05) is 26.3 Å². The molecule has 1 amide bonds. The number of carbonyl (C=O) groups is 1. The predicted octanol–water partition coefficient (Wildman–Crippen LogP) is 2.24. The summed E-state index contributed by atoms with van der Waals surface area (Å²) in [5, 5.41) is 7.25. The summed E-state index contributed by atoms with van der Waals surface area (Å²) in [4.78, 5) is 15.4. The molecular weight excluding hydrogens is 318 g/mol. The second-order valence-corrected chi connectivity index (χ2v) is 6.76. The van der Waals surface area contributed by atoms with Gasteiger partial charge in [0.1, 0.15) is 17.0 Å². The first-order valence-electron chi connectivity index (χ1n) is 8.88. The van der Waals surface area contributed by atoms with Gasteiger partial charge in [-0.1, -0.05) is 35.5 Å². The van der Waals surface area contributed by atoms with Gasteiger partial charge in [-0.25, -0.2) is 0 Å². The Morgan fingerprint density at radius 1 is 1.20 bits per heavy atom. The summed E-state index contributed by atoms with van der Waals surface area (Å²) in [6.45, 7) is 5.18. The minimum absolute atomic E-state index is 0.00326. The number of rotatable bonds is 4. The molecule has 2 saturated heterocycles. The number of nitrogens with zero attached hydrogens (tertiary/aromatic N) is 2. The van der Waals surface area contributed by atoms with Gasteiger partial charge in [-0.05, 0) is 32.9 Å². The molecule has 1 aromatic carbocycles. The highest BCUT2D eigenvalue weighted by Crippen LogP contribution is 2.26. The number of carbonyl (C=O) groups excluding carboxylic acids is 1. The number of benzene rings is 1. The summed E-state index contributed by atoms with van der Waals surface area (Å²) in [5.74, 6) is 0.394. The molecule has 25 heavy (non-hydrogen) atoms. The van der Waals surface area contributed by atoms with Crippen molar-refractivity contribution in [1.82, 2.24) is 15.4 Å². The molecule has 0 spiro atoms. The maximum atomic E-state index is 13.0. The van der Waals surface area contributed by atoms with E-state index in [1.54, 1.807) is 6.92 Å². The zero-order valence-electron chi connectivity index (χ0n) is 14.4. The molecule has 2 fully saturated rings. The van der Waals surface area contributed by atoms with Crippen LogP contribution in [0.1, 0.15) is 29.0 Å². The number of aromatic nitrogens is 1. The Morgan fingerprint density at radius 2 is 1.96 bits per heavy atom. The van der Waals surface area contributed by atoms with E-state index in [1.807, 2.05) is 30.3 Å². The molecule has 1 aromatic heterocycles. The molecule has 0 aliphatic carbocycles. The molecule has 1 N–H and O–H groups in total. The quantitative estimate of drug-likeness (QED) is 0.924. The lowest BCUT2D eigenvalue weighted by atomic mass is 10.0. The van der Waals surface area contributed by atoms with Crippen LogP contribution in [0.25, 0.3) is 11.3 Å². The lowest BCUT2D eigenvalue weighted by molar-refractivity contribution is 0.0915. The zero-order valence-corrected chi connectivity index (χ0v) is 14.4. The third kappa shape index (κ3) is 3.19. The van der Waals surface area contributed by atoms with Crippen molar-refractivity contribution in [2.24, 2.45) is 0 Å².